The van der Waals surface area contributed by atoms with Crippen LogP contribution in [0.5, 0.6) is 0 Å². The van der Waals surface area contributed by atoms with E-state index in [4.69, 9.17) is 4.74 Å². The highest BCUT2D eigenvalue weighted by atomic mass is 16.6. The van der Waals surface area contributed by atoms with Crippen LogP contribution in [-0.2, 0) is 4.74 Å². The third kappa shape index (κ3) is 3.66. The summed E-state index contributed by atoms with van der Waals surface area (Å²) in [4.78, 5) is 34.3. The molecule has 1 aromatic heterocycles. The molecule has 0 aliphatic carbocycles. The molecule has 3 heterocycles. The topological polar surface area (TPSA) is 84.4 Å². The van der Waals surface area contributed by atoms with Crippen LogP contribution in [0.3, 0.4) is 0 Å². The summed E-state index contributed by atoms with van der Waals surface area (Å²) >= 11 is 0. The van der Waals surface area contributed by atoms with Crippen LogP contribution in [-0.4, -0.2) is 52.0 Å². The van der Waals surface area contributed by atoms with Crippen molar-refractivity contribution in [1.29, 1.82) is 0 Å². The fourth-order valence-electron chi connectivity index (χ4n) is 3.55. The third-order valence-corrected chi connectivity index (χ3v) is 4.87. The van der Waals surface area contributed by atoms with Crippen molar-refractivity contribution in [3.8, 4) is 0 Å². The lowest BCUT2D eigenvalue weighted by Crippen LogP contribution is -2.64. The van der Waals surface area contributed by atoms with Crippen LogP contribution in [0.15, 0.2) is 12.4 Å². The Bertz CT molecular complexity index is 668. The molecule has 1 amide bonds. The minimum atomic E-state index is -0.495. The van der Waals surface area contributed by atoms with E-state index in [1.165, 1.54) is 6.92 Å². The van der Waals surface area contributed by atoms with E-state index in [-0.39, 0.29) is 23.3 Å². The van der Waals surface area contributed by atoms with Crippen molar-refractivity contribution in [3.63, 3.8) is 0 Å². The number of hydrogen-bond acceptors (Lipinski definition) is 6. The number of likely N-dealkylation sites (tertiary alicyclic amines) is 1. The van der Waals surface area contributed by atoms with Crippen molar-refractivity contribution in [2.75, 3.05) is 19.6 Å². The minimum absolute atomic E-state index is 0.00116. The molecule has 2 aliphatic rings. The monoisotopic (exact) mass is 346 g/mol. The van der Waals surface area contributed by atoms with E-state index >= 15 is 0 Å². The highest BCUT2D eigenvalue weighted by Crippen LogP contribution is 2.46. The second kappa shape index (κ2) is 6.37. The van der Waals surface area contributed by atoms with Gasteiger partial charge in [-0.15, -0.1) is 0 Å². The Morgan fingerprint density at radius 3 is 2.52 bits per heavy atom. The van der Waals surface area contributed by atoms with Crippen LogP contribution in [0.4, 0.5) is 4.79 Å². The number of nitrogens with one attached hydrogen (secondary N) is 1. The molecule has 2 saturated heterocycles. The van der Waals surface area contributed by atoms with Gasteiger partial charge in [-0.05, 0) is 40.5 Å². The molecule has 0 bridgehead atoms. The number of nitrogens with zero attached hydrogens (tertiary/aromatic N) is 3. The molecule has 2 aliphatic heterocycles. The Kier molecular flexibility index (Phi) is 4.53. The van der Waals surface area contributed by atoms with Crippen molar-refractivity contribution in [1.82, 2.24) is 20.2 Å². The normalized spacial score (nSPS) is 26.2. The van der Waals surface area contributed by atoms with E-state index in [0.29, 0.717) is 24.5 Å². The van der Waals surface area contributed by atoms with Crippen molar-refractivity contribution in [2.45, 2.75) is 52.2 Å². The van der Waals surface area contributed by atoms with Crippen LogP contribution in [0.25, 0.3) is 0 Å². The zero-order valence-electron chi connectivity index (χ0n) is 15.3. The molecule has 1 aromatic rings. The van der Waals surface area contributed by atoms with Gasteiger partial charge in [0.05, 0.1) is 11.6 Å². The Balaban J connectivity index is 1.73. The summed E-state index contributed by atoms with van der Waals surface area (Å²) in [6, 6.07) is -0.00116. The molecule has 2 fully saturated rings. The SMILES string of the molecule is CC(=O)c1cnc(C2NCC23CCCN(C(=O)OC(C)(C)C)C3)nc1. The molecule has 0 radical (unpaired) electrons. The van der Waals surface area contributed by atoms with Crippen LogP contribution >= 0.6 is 0 Å². The standard InChI is InChI=1S/C18H26N4O3/c1-12(23)13-8-19-15(20-9-13)14-18(10-21-14)6-5-7-22(11-18)16(24)25-17(2,3)4/h8-9,14,21H,5-7,10-11H2,1-4H3. The van der Waals surface area contributed by atoms with Crippen molar-refractivity contribution < 1.29 is 14.3 Å². The molecule has 0 saturated carbocycles. The van der Waals surface area contributed by atoms with Gasteiger partial charge in [0, 0.05) is 37.4 Å². The summed E-state index contributed by atoms with van der Waals surface area (Å²) in [6.07, 6.45) is 4.84. The summed E-state index contributed by atoms with van der Waals surface area (Å²) in [5.74, 6) is 0.638. The van der Waals surface area contributed by atoms with E-state index in [9.17, 15) is 9.59 Å². The summed E-state index contributed by atoms with van der Waals surface area (Å²) in [5, 5.41) is 3.39. The Hall–Kier alpha value is -2.02. The van der Waals surface area contributed by atoms with Gasteiger partial charge in [-0.2, -0.15) is 0 Å². The maximum absolute atomic E-state index is 12.4. The van der Waals surface area contributed by atoms with Crippen LogP contribution in [0.1, 0.15) is 62.8 Å². The maximum atomic E-state index is 12.4. The average molecular weight is 346 g/mol. The van der Waals surface area contributed by atoms with Crippen LogP contribution in [0.2, 0.25) is 0 Å². The van der Waals surface area contributed by atoms with Crippen molar-refractivity contribution in [2.24, 2.45) is 5.41 Å². The molecule has 7 nitrogen and oxygen atoms in total. The van der Waals surface area contributed by atoms with Gasteiger partial charge in [-0.25, -0.2) is 14.8 Å². The van der Waals surface area contributed by atoms with Gasteiger partial charge in [0.2, 0.25) is 0 Å². The van der Waals surface area contributed by atoms with Gasteiger partial charge < -0.3 is 15.0 Å². The largest absolute Gasteiger partial charge is 0.444 e. The van der Waals surface area contributed by atoms with Gasteiger partial charge in [0.1, 0.15) is 11.4 Å². The van der Waals surface area contributed by atoms with Gasteiger partial charge in [0.25, 0.3) is 0 Å². The summed E-state index contributed by atoms with van der Waals surface area (Å²) < 4.78 is 5.52. The highest BCUT2D eigenvalue weighted by molar-refractivity contribution is 5.93. The molecule has 25 heavy (non-hydrogen) atoms. The number of Topliss-reactive ketones (excluding diaryl/α,β-unsaturated/α-hetero) is 1. The molecule has 7 heteroatoms. The lowest BCUT2D eigenvalue weighted by atomic mass is 9.67. The summed E-state index contributed by atoms with van der Waals surface area (Å²) in [5.41, 5.74) is -0.0477. The van der Waals surface area contributed by atoms with E-state index < -0.39 is 5.60 Å². The third-order valence-electron chi connectivity index (χ3n) is 4.87. The van der Waals surface area contributed by atoms with Gasteiger partial charge >= 0.3 is 6.09 Å². The zero-order chi connectivity index (χ0) is 18.2. The number of piperidine rings is 1. The second-order valence-corrected chi connectivity index (χ2v) is 8.07. The van der Waals surface area contributed by atoms with Crippen LogP contribution < -0.4 is 5.32 Å². The Morgan fingerprint density at radius 2 is 2.00 bits per heavy atom. The molecular weight excluding hydrogens is 320 g/mol. The summed E-state index contributed by atoms with van der Waals surface area (Å²) in [6.45, 7) is 9.31. The molecule has 2 unspecified atom stereocenters. The minimum Gasteiger partial charge on any atom is -0.444 e. The van der Waals surface area contributed by atoms with E-state index in [1.807, 2.05) is 20.8 Å². The fraction of sp³-hybridized carbons (Fsp3) is 0.667. The number of amides is 1. The molecule has 1 spiro atoms. The molecule has 136 valence electrons. The first-order chi connectivity index (χ1) is 11.7. The molecular formula is C18H26N4O3. The van der Waals surface area contributed by atoms with E-state index in [1.54, 1.807) is 17.3 Å². The molecule has 1 N–H and O–H groups in total. The number of hydrogen-bond donors (Lipinski definition) is 1. The first kappa shape index (κ1) is 17.8. The van der Waals surface area contributed by atoms with Crippen LogP contribution in [0, 0.1) is 5.41 Å². The van der Waals surface area contributed by atoms with Crippen molar-refractivity contribution in [3.05, 3.63) is 23.8 Å². The Morgan fingerprint density at radius 1 is 1.32 bits per heavy atom. The highest BCUT2D eigenvalue weighted by Gasteiger charge is 2.52. The number of ketones is 1. The summed E-state index contributed by atoms with van der Waals surface area (Å²) in [7, 11) is 0. The number of aromatic nitrogens is 2. The zero-order valence-corrected chi connectivity index (χ0v) is 15.3. The smallest absolute Gasteiger partial charge is 0.410 e. The quantitative estimate of drug-likeness (QED) is 0.828. The first-order valence-electron chi connectivity index (χ1n) is 8.74. The number of carbonyl (C=O) groups is 2. The predicted octanol–water partition coefficient (Wildman–Crippen LogP) is 2.34. The molecule has 3 rings (SSSR count). The molecule has 0 aromatic carbocycles. The lowest BCUT2D eigenvalue weighted by Gasteiger charge is -2.54. The second-order valence-electron chi connectivity index (χ2n) is 8.07. The lowest BCUT2D eigenvalue weighted by molar-refractivity contribution is -0.0308. The van der Waals surface area contributed by atoms with Gasteiger partial charge in [0.15, 0.2) is 5.78 Å². The van der Waals surface area contributed by atoms with Crippen molar-refractivity contribution >= 4 is 11.9 Å². The first-order valence-corrected chi connectivity index (χ1v) is 8.74. The van der Waals surface area contributed by atoms with E-state index in [2.05, 4.69) is 15.3 Å². The predicted molar refractivity (Wildman–Crippen MR) is 92.3 cm³/mol. The Labute approximate surface area is 148 Å². The number of rotatable bonds is 2. The number of ether oxygens (including phenoxy) is 1. The van der Waals surface area contributed by atoms with Gasteiger partial charge in [-0.3, -0.25) is 4.79 Å². The van der Waals surface area contributed by atoms with E-state index in [0.717, 1.165) is 19.4 Å². The number of carbonyl (C=O) groups excluding carboxylic acids is 2. The average Bonchev–Trinajstić information content (AvgIpc) is 2.53. The fourth-order valence-corrected chi connectivity index (χ4v) is 3.55. The molecule has 2 atom stereocenters. The maximum Gasteiger partial charge on any atom is 0.410 e. The van der Waals surface area contributed by atoms with Gasteiger partial charge in [-0.1, -0.05) is 0 Å².